The van der Waals surface area contributed by atoms with Gasteiger partial charge in [0.05, 0.1) is 6.61 Å². The van der Waals surface area contributed by atoms with Crippen LogP contribution in [0.25, 0.3) is 11.0 Å². The third-order valence-electron chi connectivity index (χ3n) is 4.93. The van der Waals surface area contributed by atoms with E-state index in [2.05, 4.69) is 0 Å². The highest BCUT2D eigenvalue weighted by molar-refractivity contribution is 7.90. The first-order valence-electron chi connectivity index (χ1n) is 9.94. The predicted molar refractivity (Wildman–Crippen MR) is 108 cm³/mol. The van der Waals surface area contributed by atoms with Crippen LogP contribution in [0.3, 0.4) is 0 Å². The van der Waals surface area contributed by atoms with E-state index in [4.69, 9.17) is 9.15 Å². The molecule has 1 atom stereocenters. The van der Waals surface area contributed by atoms with Gasteiger partial charge in [-0.1, -0.05) is 0 Å². The fourth-order valence-electron chi connectivity index (χ4n) is 2.95. The van der Waals surface area contributed by atoms with Crippen molar-refractivity contribution in [3.8, 4) is 5.75 Å². The summed E-state index contributed by atoms with van der Waals surface area (Å²) in [6.45, 7) is 1.26. The molecule has 198 valence electrons. The fraction of sp³-hybridized carbons (Fsp3) is 0.550. The van der Waals surface area contributed by atoms with Gasteiger partial charge in [0, 0.05) is 31.1 Å². The van der Waals surface area contributed by atoms with Gasteiger partial charge in [-0.05, 0) is 43.9 Å². The van der Waals surface area contributed by atoms with Crippen LogP contribution in [0, 0.1) is 6.92 Å². The number of ether oxygens (including phenoxy) is 1. The molecule has 0 bridgehead atoms. The van der Waals surface area contributed by atoms with E-state index in [1.165, 1.54) is 12.1 Å². The summed E-state index contributed by atoms with van der Waals surface area (Å²) in [7, 11) is 0.632. The minimum Gasteiger partial charge on any atom is -0.593 e. The van der Waals surface area contributed by atoms with Gasteiger partial charge in [0.2, 0.25) is 0 Å². The van der Waals surface area contributed by atoms with Crippen LogP contribution in [0.5, 0.6) is 5.75 Å². The Labute approximate surface area is 196 Å². The van der Waals surface area contributed by atoms with Gasteiger partial charge in [-0.2, -0.15) is 30.7 Å². The lowest BCUT2D eigenvalue weighted by molar-refractivity contribution is -0.382. The molecular weight excluding hydrogens is 521 g/mol. The van der Waals surface area contributed by atoms with E-state index in [1.807, 2.05) is 0 Å². The zero-order valence-electron chi connectivity index (χ0n) is 18.2. The highest BCUT2D eigenvalue weighted by atomic mass is 32.2. The second kappa shape index (κ2) is 10.5. The standard InChI is InChI=1S/C20H20F9NO4S/c1-12-10-16(31)34-15-11-13(6-7-14(12)15)33-9-5-3-4-8-30(2)35(32)20(28,29)18(23,24)17(21,22)19(25,26)27/h6-7,10-11H,3-5,8-9H2,1-2H3. The Morgan fingerprint density at radius 2 is 1.60 bits per heavy atom. The minimum atomic E-state index is -7.10. The third-order valence-corrected chi connectivity index (χ3v) is 6.37. The van der Waals surface area contributed by atoms with Crippen molar-refractivity contribution >= 4 is 22.3 Å². The Kier molecular flexibility index (Phi) is 8.70. The molecule has 0 aliphatic carbocycles. The van der Waals surface area contributed by atoms with Crippen LogP contribution in [0.1, 0.15) is 24.8 Å². The average molecular weight is 541 g/mol. The van der Waals surface area contributed by atoms with Gasteiger partial charge in [-0.3, -0.25) is 0 Å². The third kappa shape index (κ3) is 6.00. The zero-order valence-corrected chi connectivity index (χ0v) is 19.1. The highest BCUT2D eigenvalue weighted by Crippen LogP contribution is 2.55. The van der Waals surface area contributed by atoms with Crippen molar-refractivity contribution in [2.75, 3.05) is 20.2 Å². The summed E-state index contributed by atoms with van der Waals surface area (Å²) in [4.78, 5) is 11.5. The number of rotatable bonds is 11. The highest BCUT2D eigenvalue weighted by Gasteiger charge is 2.87. The van der Waals surface area contributed by atoms with Crippen LogP contribution in [0.4, 0.5) is 39.5 Å². The fourth-order valence-corrected chi connectivity index (χ4v) is 3.98. The summed E-state index contributed by atoms with van der Waals surface area (Å²) in [5.74, 6) is -13.7. The quantitative estimate of drug-likeness (QED) is 0.159. The van der Waals surface area contributed by atoms with Gasteiger partial charge >= 0.3 is 28.9 Å². The summed E-state index contributed by atoms with van der Waals surface area (Å²) < 4.78 is 139. The monoisotopic (exact) mass is 541 g/mol. The molecule has 2 rings (SSSR count). The van der Waals surface area contributed by atoms with Crippen molar-refractivity contribution in [1.29, 1.82) is 0 Å². The van der Waals surface area contributed by atoms with Gasteiger partial charge in [0.15, 0.2) is 0 Å². The molecule has 0 saturated heterocycles. The zero-order chi connectivity index (χ0) is 26.8. The molecule has 2 aromatic rings. The number of benzene rings is 1. The van der Waals surface area contributed by atoms with Gasteiger partial charge in [0.25, 0.3) is 0 Å². The average Bonchev–Trinajstić information content (AvgIpc) is 2.73. The maximum Gasteiger partial charge on any atom is 0.497 e. The molecule has 0 aliphatic rings. The Bertz CT molecular complexity index is 1070. The van der Waals surface area contributed by atoms with Crippen LogP contribution in [0.2, 0.25) is 0 Å². The van der Waals surface area contributed by atoms with E-state index in [-0.39, 0.29) is 23.8 Å². The number of fused-ring (bicyclic) bond motifs is 1. The molecule has 0 saturated carbocycles. The number of alkyl halides is 9. The van der Waals surface area contributed by atoms with Gasteiger partial charge in [-0.15, -0.1) is 13.1 Å². The molecule has 1 aromatic heterocycles. The summed E-state index contributed by atoms with van der Waals surface area (Å²) in [6, 6.07) is 6.10. The maximum absolute atomic E-state index is 13.7. The molecule has 15 heteroatoms. The van der Waals surface area contributed by atoms with E-state index in [0.717, 1.165) is 0 Å². The van der Waals surface area contributed by atoms with E-state index in [9.17, 15) is 48.9 Å². The summed E-state index contributed by atoms with van der Waals surface area (Å²) in [5, 5.41) is -5.49. The molecule has 0 spiro atoms. The van der Waals surface area contributed by atoms with E-state index in [1.54, 1.807) is 19.1 Å². The first-order chi connectivity index (χ1) is 15.9. The molecule has 0 amide bonds. The molecule has 35 heavy (non-hydrogen) atoms. The molecule has 5 nitrogen and oxygen atoms in total. The van der Waals surface area contributed by atoms with Crippen LogP contribution >= 0.6 is 0 Å². The SMILES string of the molecule is Cc1cc(=O)oc2cc(OCCCCCN(C)[S+]([O-])C(F)(F)C(F)(F)C(F)(F)C(F)(F)F)ccc12. The number of hydrogen-bond donors (Lipinski definition) is 0. The van der Waals surface area contributed by atoms with Crippen molar-refractivity contribution in [2.45, 2.75) is 49.5 Å². The first-order valence-corrected chi connectivity index (χ1v) is 11.0. The van der Waals surface area contributed by atoms with Gasteiger partial charge in [-0.25, -0.2) is 4.79 Å². The van der Waals surface area contributed by atoms with E-state index < -0.39 is 46.8 Å². The van der Waals surface area contributed by atoms with Gasteiger partial charge < -0.3 is 13.7 Å². The lowest BCUT2D eigenvalue weighted by Crippen LogP contribution is -2.65. The second-order valence-corrected chi connectivity index (χ2v) is 9.21. The predicted octanol–water partition coefficient (Wildman–Crippen LogP) is 5.67. The lowest BCUT2D eigenvalue weighted by Gasteiger charge is -2.35. The van der Waals surface area contributed by atoms with Crippen molar-refractivity contribution in [3.05, 3.63) is 40.2 Å². The second-order valence-electron chi connectivity index (χ2n) is 7.58. The Morgan fingerprint density at radius 3 is 2.20 bits per heavy atom. The van der Waals surface area contributed by atoms with Crippen LogP contribution in [-0.2, 0) is 11.4 Å². The van der Waals surface area contributed by atoms with Crippen molar-refractivity contribution in [2.24, 2.45) is 0 Å². The Morgan fingerprint density at radius 1 is 0.971 bits per heavy atom. The number of halogens is 9. The maximum atomic E-state index is 13.7. The molecule has 1 heterocycles. The van der Waals surface area contributed by atoms with Crippen LogP contribution < -0.4 is 10.4 Å². The van der Waals surface area contributed by atoms with Crippen LogP contribution in [0.15, 0.2) is 33.5 Å². The number of aryl methyl sites for hydroxylation is 1. The molecule has 0 aliphatic heterocycles. The van der Waals surface area contributed by atoms with Crippen LogP contribution in [-0.4, -0.2) is 52.3 Å². The summed E-state index contributed by atoms with van der Waals surface area (Å²) in [6.07, 6.45) is -6.48. The summed E-state index contributed by atoms with van der Waals surface area (Å²) in [5.41, 5.74) is 0.458. The molecule has 0 N–H and O–H groups in total. The number of hydrogen-bond acceptors (Lipinski definition) is 5. The first kappa shape index (κ1) is 29.1. The smallest absolute Gasteiger partial charge is 0.497 e. The number of unbranched alkanes of at least 4 members (excludes halogenated alkanes) is 2. The molecule has 1 unspecified atom stereocenters. The Balaban J connectivity index is 1.86. The molecule has 0 fully saturated rings. The lowest BCUT2D eigenvalue weighted by atomic mass is 10.1. The molecular formula is C20H20F9NO4S. The molecule has 1 aromatic carbocycles. The Hall–Kier alpha value is -2.13. The van der Waals surface area contributed by atoms with E-state index >= 15 is 0 Å². The molecule has 0 radical (unpaired) electrons. The topological polar surface area (TPSA) is 65.7 Å². The largest absolute Gasteiger partial charge is 0.593 e. The number of nitrogens with zero attached hydrogens (tertiary/aromatic N) is 1. The van der Waals surface area contributed by atoms with Crippen molar-refractivity contribution < 1.29 is 53.2 Å². The van der Waals surface area contributed by atoms with Gasteiger partial charge in [0.1, 0.15) is 22.7 Å². The summed E-state index contributed by atoms with van der Waals surface area (Å²) >= 11 is -4.18. The van der Waals surface area contributed by atoms with Crippen molar-refractivity contribution in [3.63, 3.8) is 0 Å². The minimum absolute atomic E-state index is 0.0330. The van der Waals surface area contributed by atoms with Crippen molar-refractivity contribution in [1.82, 2.24) is 4.31 Å². The normalized spacial score (nSPS) is 14.5. The van der Waals surface area contributed by atoms with E-state index in [0.29, 0.717) is 35.8 Å².